The maximum atomic E-state index is 11.0. The second kappa shape index (κ2) is 7.06. The van der Waals surface area contributed by atoms with Gasteiger partial charge in [-0.15, -0.1) is 0 Å². The number of hydrogen-bond donors (Lipinski definition) is 1. The lowest BCUT2D eigenvalue weighted by molar-refractivity contribution is -0.147. The van der Waals surface area contributed by atoms with Crippen LogP contribution in [-0.2, 0) is 11.3 Å². The van der Waals surface area contributed by atoms with Gasteiger partial charge in [0.2, 0.25) is 0 Å². The van der Waals surface area contributed by atoms with Crippen LogP contribution in [0, 0.1) is 5.41 Å². The lowest BCUT2D eigenvalue weighted by Gasteiger charge is -2.22. The Labute approximate surface area is 123 Å². The number of carbonyl (C=O) groups is 1. The van der Waals surface area contributed by atoms with E-state index in [2.05, 4.69) is 33.9 Å². The molecular formula is C15H22BrNO2. The van der Waals surface area contributed by atoms with E-state index in [0.29, 0.717) is 6.42 Å². The Morgan fingerprint density at radius 2 is 2.00 bits per heavy atom. The Morgan fingerprint density at radius 3 is 2.58 bits per heavy atom. The average molecular weight is 328 g/mol. The number of carboxylic acids is 1. The first-order valence-corrected chi connectivity index (χ1v) is 7.27. The first kappa shape index (κ1) is 16.2. The predicted octanol–water partition coefficient (Wildman–Crippen LogP) is 3.77. The highest BCUT2D eigenvalue weighted by atomic mass is 79.9. The van der Waals surface area contributed by atoms with Crippen LogP contribution in [0.15, 0.2) is 28.7 Å². The fraction of sp³-hybridized carbons (Fsp3) is 0.533. The molecule has 0 aliphatic heterocycles. The van der Waals surface area contributed by atoms with Crippen LogP contribution >= 0.6 is 15.9 Å². The van der Waals surface area contributed by atoms with Gasteiger partial charge in [0.1, 0.15) is 0 Å². The van der Waals surface area contributed by atoms with Gasteiger partial charge in [-0.2, -0.15) is 0 Å². The second-order valence-electron chi connectivity index (χ2n) is 5.62. The van der Waals surface area contributed by atoms with Crippen molar-refractivity contribution >= 4 is 21.9 Å². The van der Waals surface area contributed by atoms with Crippen LogP contribution < -0.4 is 0 Å². The van der Waals surface area contributed by atoms with Crippen molar-refractivity contribution in [1.29, 1.82) is 0 Å². The Hall–Kier alpha value is -0.870. The summed E-state index contributed by atoms with van der Waals surface area (Å²) in [5, 5.41) is 9.06. The van der Waals surface area contributed by atoms with Crippen LogP contribution in [0.2, 0.25) is 0 Å². The number of halogens is 1. The standard InChI is InChI=1S/C15H22BrNO2/c1-15(2,14(18)19)9-6-10-17(3)11-12-7-4-5-8-13(12)16/h4-5,7-8H,6,9-11H2,1-3H3,(H,18,19). The summed E-state index contributed by atoms with van der Waals surface area (Å²) in [4.78, 5) is 13.2. The fourth-order valence-corrected chi connectivity index (χ4v) is 2.30. The van der Waals surface area contributed by atoms with Crippen molar-refractivity contribution in [2.45, 2.75) is 33.2 Å². The summed E-state index contributed by atoms with van der Waals surface area (Å²) in [5.74, 6) is -0.721. The molecule has 0 aliphatic carbocycles. The summed E-state index contributed by atoms with van der Waals surface area (Å²) < 4.78 is 1.12. The van der Waals surface area contributed by atoms with E-state index in [9.17, 15) is 4.79 Å². The molecule has 0 fully saturated rings. The molecule has 1 N–H and O–H groups in total. The minimum absolute atomic E-state index is 0.631. The molecule has 19 heavy (non-hydrogen) atoms. The van der Waals surface area contributed by atoms with Crippen molar-refractivity contribution in [3.8, 4) is 0 Å². The summed E-state index contributed by atoms with van der Waals surface area (Å²) in [7, 11) is 2.06. The van der Waals surface area contributed by atoms with Crippen molar-refractivity contribution < 1.29 is 9.90 Å². The summed E-state index contributed by atoms with van der Waals surface area (Å²) in [6.07, 6.45) is 1.59. The predicted molar refractivity (Wildman–Crippen MR) is 81.1 cm³/mol. The number of benzene rings is 1. The number of rotatable bonds is 7. The number of nitrogens with zero attached hydrogens (tertiary/aromatic N) is 1. The smallest absolute Gasteiger partial charge is 0.309 e. The fourth-order valence-electron chi connectivity index (χ4n) is 1.89. The molecule has 0 spiro atoms. The second-order valence-corrected chi connectivity index (χ2v) is 6.48. The molecule has 0 unspecified atom stereocenters. The van der Waals surface area contributed by atoms with Gasteiger partial charge in [-0.25, -0.2) is 0 Å². The van der Waals surface area contributed by atoms with Crippen molar-refractivity contribution in [2.75, 3.05) is 13.6 Å². The van der Waals surface area contributed by atoms with Crippen molar-refractivity contribution in [3.63, 3.8) is 0 Å². The zero-order chi connectivity index (χ0) is 14.5. The Kier molecular flexibility index (Phi) is 6.01. The average Bonchev–Trinajstić information content (AvgIpc) is 2.31. The monoisotopic (exact) mass is 327 g/mol. The highest BCUT2D eigenvalue weighted by Crippen LogP contribution is 2.23. The van der Waals surface area contributed by atoms with E-state index in [1.807, 2.05) is 18.2 Å². The zero-order valence-corrected chi connectivity index (χ0v) is 13.4. The van der Waals surface area contributed by atoms with Gasteiger partial charge >= 0.3 is 5.97 Å². The third kappa shape index (κ3) is 5.33. The Morgan fingerprint density at radius 1 is 1.37 bits per heavy atom. The van der Waals surface area contributed by atoms with E-state index in [1.165, 1.54) is 5.56 Å². The molecule has 0 amide bonds. The molecular weight excluding hydrogens is 306 g/mol. The van der Waals surface area contributed by atoms with Crippen molar-refractivity contribution in [2.24, 2.45) is 5.41 Å². The Balaban J connectivity index is 2.39. The van der Waals surface area contributed by atoms with Crippen LogP contribution in [-0.4, -0.2) is 29.6 Å². The minimum Gasteiger partial charge on any atom is -0.481 e. The molecule has 1 aromatic carbocycles. The maximum absolute atomic E-state index is 11.0. The van der Waals surface area contributed by atoms with Crippen molar-refractivity contribution in [3.05, 3.63) is 34.3 Å². The van der Waals surface area contributed by atoms with E-state index in [4.69, 9.17) is 5.11 Å². The molecule has 0 saturated carbocycles. The third-order valence-electron chi connectivity index (χ3n) is 3.32. The minimum atomic E-state index is -0.721. The van der Waals surface area contributed by atoms with Crippen molar-refractivity contribution in [1.82, 2.24) is 4.90 Å². The third-order valence-corrected chi connectivity index (χ3v) is 4.09. The molecule has 1 rings (SSSR count). The van der Waals surface area contributed by atoms with Gasteiger partial charge in [0.15, 0.2) is 0 Å². The summed E-state index contributed by atoms with van der Waals surface area (Å²) in [6.45, 7) is 5.33. The molecule has 1 aromatic rings. The lowest BCUT2D eigenvalue weighted by Crippen LogP contribution is -2.26. The van der Waals surface area contributed by atoms with Crippen LogP contribution in [0.3, 0.4) is 0 Å². The molecule has 0 atom stereocenters. The van der Waals surface area contributed by atoms with Gasteiger partial charge in [-0.05, 0) is 51.9 Å². The number of carboxylic acid groups (broad SMARTS) is 1. The molecule has 0 saturated heterocycles. The molecule has 0 bridgehead atoms. The normalized spacial score (nSPS) is 11.8. The van der Waals surface area contributed by atoms with E-state index in [0.717, 1.165) is 24.0 Å². The zero-order valence-electron chi connectivity index (χ0n) is 11.8. The highest BCUT2D eigenvalue weighted by molar-refractivity contribution is 9.10. The van der Waals surface area contributed by atoms with Gasteiger partial charge in [0.25, 0.3) is 0 Å². The molecule has 106 valence electrons. The number of aliphatic carboxylic acids is 1. The van der Waals surface area contributed by atoms with Crippen LogP contribution in [0.25, 0.3) is 0 Å². The maximum Gasteiger partial charge on any atom is 0.309 e. The molecule has 0 aliphatic rings. The van der Waals surface area contributed by atoms with Gasteiger partial charge in [0.05, 0.1) is 5.41 Å². The summed E-state index contributed by atoms with van der Waals surface area (Å²) >= 11 is 3.54. The molecule has 0 radical (unpaired) electrons. The SMILES string of the molecule is CN(CCCC(C)(C)C(=O)O)Cc1ccccc1Br. The van der Waals surface area contributed by atoms with Crippen LogP contribution in [0.1, 0.15) is 32.3 Å². The lowest BCUT2D eigenvalue weighted by atomic mass is 9.88. The van der Waals surface area contributed by atoms with Crippen LogP contribution in [0.5, 0.6) is 0 Å². The van der Waals surface area contributed by atoms with E-state index in [1.54, 1.807) is 13.8 Å². The van der Waals surface area contributed by atoms with Gasteiger partial charge in [-0.3, -0.25) is 4.79 Å². The van der Waals surface area contributed by atoms with E-state index >= 15 is 0 Å². The summed E-state index contributed by atoms with van der Waals surface area (Å²) in [6, 6.07) is 8.17. The van der Waals surface area contributed by atoms with Crippen LogP contribution in [0.4, 0.5) is 0 Å². The largest absolute Gasteiger partial charge is 0.481 e. The molecule has 4 heteroatoms. The highest BCUT2D eigenvalue weighted by Gasteiger charge is 2.26. The summed E-state index contributed by atoms with van der Waals surface area (Å²) in [5.41, 5.74) is 0.622. The van der Waals surface area contributed by atoms with E-state index < -0.39 is 11.4 Å². The quantitative estimate of drug-likeness (QED) is 0.828. The van der Waals surface area contributed by atoms with E-state index in [-0.39, 0.29) is 0 Å². The van der Waals surface area contributed by atoms with Gasteiger partial charge in [-0.1, -0.05) is 34.1 Å². The molecule has 0 heterocycles. The molecule has 0 aromatic heterocycles. The number of hydrogen-bond acceptors (Lipinski definition) is 2. The topological polar surface area (TPSA) is 40.5 Å². The first-order chi connectivity index (χ1) is 8.83. The molecule has 3 nitrogen and oxygen atoms in total. The Bertz CT molecular complexity index is 432. The first-order valence-electron chi connectivity index (χ1n) is 6.48. The van der Waals surface area contributed by atoms with Gasteiger partial charge < -0.3 is 10.0 Å². The van der Waals surface area contributed by atoms with Gasteiger partial charge in [0, 0.05) is 11.0 Å².